The van der Waals surface area contributed by atoms with E-state index in [4.69, 9.17) is 5.11 Å². The van der Waals surface area contributed by atoms with Gasteiger partial charge in [-0.05, 0) is 38.1 Å². The Balaban J connectivity index is 1.48. The minimum atomic E-state index is -1.03. The SMILES string of the molecule is C[C@H]1C(=O)N(CCN2CCC3(CC3)[C@H](O)C2)CCN1C(=O)O. The lowest BCUT2D eigenvalue weighted by atomic mass is 9.90. The van der Waals surface area contributed by atoms with Crippen LogP contribution in [0.5, 0.6) is 0 Å². The van der Waals surface area contributed by atoms with Gasteiger partial charge in [0.15, 0.2) is 0 Å². The van der Waals surface area contributed by atoms with Gasteiger partial charge in [-0.25, -0.2) is 4.79 Å². The van der Waals surface area contributed by atoms with Gasteiger partial charge in [0.1, 0.15) is 6.04 Å². The minimum Gasteiger partial charge on any atom is -0.465 e. The van der Waals surface area contributed by atoms with Gasteiger partial charge in [0.25, 0.3) is 0 Å². The first-order valence-corrected chi connectivity index (χ1v) is 8.12. The predicted molar refractivity (Wildman–Crippen MR) is 79.5 cm³/mol. The van der Waals surface area contributed by atoms with E-state index in [2.05, 4.69) is 4.90 Å². The summed E-state index contributed by atoms with van der Waals surface area (Å²) in [6.07, 6.45) is 2.07. The predicted octanol–water partition coefficient (Wildman–Crippen LogP) is 0.0439. The molecule has 0 bridgehead atoms. The summed E-state index contributed by atoms with van der Waals surface area (Å²) in [6.45, 7) is 5.50. The van der Waals surface area contributed by atoms with Crippen molar-refractivity contribution in [2.45, 2.75) is 38.3 Å². The fourth-order valence-corrected chi connectivity index (χ4v) is 3.70. The third-order valence-corrected chi connectivity index (χ3v) is 5.64. The highest BCUT2D eigenvalue weighted by Crippen LogP contribution is 2.53. The summed E-state index contributed by atoms with van der Waals surface area (Å²) in [5, 5.41) is 19.3. The average molecular weight is 311 g/mol. The number of amides is 2. The molecule has 0 radical (unpaired) electrons. The van der Waals surface area contributed by atoms with Gasteiger partial charge in [-0.15, -0.1) is 0 Å². The Morgan fingerprint density at radius 3 is 2.55 bits per heavy atom. The standard InChI is InChI=1S/C15H25N3O4/c1-11-13(20)17(8-9-18(11)14(21)22)7-6-16-5-4-15(2-3-15)12(19)10-16/h11-12,19H,2-10H2,1H3,(H,21,22)/t11-,12+/m0/s1. The zero-order valence-corrected chi connectivity index (χ0v) is 13.1. The first-order valence-electron chi connectivity index (χ1n) is 8.12. The molecule has 2 amide bonds. The highest BCUT2D eigenvalue weighted by atomic mass is 16.4. The lowest BCUT2D eigenvalue weighted by molar-refractivity contribution is -0.140. The van der Waals surface area contributed by atoms with Crippen molar-refractivity contribution >= 4 is 12.0 Å². The van der Waals surface area contributed by atoms with Crippen molar-refractivity contribution in [3.05, 3.63) is 0 Å². The number of hydrogen-bond acceptors (Lipinski definition) is 4. The maximum absolute atomic E-state index is 12.2. The van der Waals surface area contributed by atoms with Gasteiger partial charge in [-0.2, -0.15) is 0 Å². The molecule has 2 aliphatic heterocycles. The summed E-state index contributed by atoms with van der Waals surface area (Å²) in [7, 11) is 0. The van der Waals surface area contributed by atoms with Crippen LogP contribution in [0.4, 0.5) is 4.79 Å². The third kappa shape index (κ3) is 2.79. The molecule has 3 fully saturated rings. The Kier molecular flexibility index (Phi) is 4.03. The van der Waals surface area contributed by atoms with E-state index in [1.807, 2.05) is 0 Å². The Bertz CT molecular complexity index is 466. The van der Waals surface area contributed by atoms with Gasteiger partial charge in [-0.1, -0.05) is 0 Å². The number of piperidine rings is 1. The van der Waals surface area contributed by atoms with Crippen LogP contribution >= 0.6 is 0 Å². The number of piperazine rings is 1. The monoisotopic (exact) mass is 311 g/mol. The van der Waals surface area contributed by atoms with E-state index >= 15 is 0 Å². The summed E-state index contributed by atoms with van der Waals surface area (Å²) in [5.74, 6) is -0.120. The molecule has 124 valence electrons. The van der Waals surface area contributed by atoms with E-state index in [0.29, 0.717) is 26.2 Å². The first-order chi connectivity index (χ1) is 10.4. The zero-order chi connectivity index (χ0) is 15.9. The molecule has 7 nitrogen and oxygen atoms in total. The van der Waals surface area contributed by atoms with Gasteiger partial charge in [-0.3, -0.25) is 14.6 Å². The summed E-state index contributed by atoms with van der Waals surface area (Å²) >= 11 is 0. The number of carbonyl (C=O) groups is 2. The molecule has 1 spiro atoms. The quantitative estimate of drug-likeness (QED) is 0.769. The lowest BCUT2D eigenvalue weighted by Crippen LogP contribution is -2.58. The van der Waals surface area contributed by atoms with Crippen LogP contribution < -0.4 is 0 Å². The molecule has 2 heterocycles. The molecule has 7 heteroatoms. The highest BCUT2D eigenvalue weighted by Gasteiger charge is 2.51. The fraction of sp³-hybridized carbons (Fsp3) is 0.867. The van der Waals surface area contributed by atoms with E-state index < -0.39 is 12.1 Å². The number of carbonyl (C=O) groups excluding carboxylic acids is 1. The van der Waals surface area contributed by atoms with Crippen LogP contribution in [-0.4, -0.2) is 88.3 Å². The van der Waals surface area contributed by atoms with Gasteiger partial charge in [0.05, 0.1) is 6.10 Å². The summed E-state index contributed by atoms with van der Waals surface area (Å²) in [4.78, 5) is 28.4. The molecule has 0 aromatic carbocycles. The van der Waals surface area contributed by atoms with Crippen LogP contribution in [0, 0.1) is 5.41 Å². The molecule has 1 aliphatic carbocycles. The molecule has 2 atom stereocenters. The summed E-state index contributed by atoms with van der Waals surface area (Å²) in [5.41, 5.74) is 0.202. The molecular formula is C15H25N3O4. The van der Waals surface area contributed by atoms with E-state index in [-0.39, 0.29) is 17.4 Å². The largest absolute Gasteiger partial charge is 0.465 e. The molecule has 3 aliphatic rings. The molecule has 22 heavy (non-hydrogen) atoms. The van der Waals surface area contributed by atoms with Crippen LogP contribution in [0.25, 0.3) is 0 Å². The second-order valence-corrected chi connectivity index (χ2v) is 6.91. The normalized spacial score (nSPS) is 31.6. The van der Waals surface area contributed by atoms with Crippen LogP contribution in [0.2, 0.25) is 0 Å². The maximum atomic E-state index is 12.2. The highest BCUT2D eigenvalue weighted by molar-refractivity contribution is 5.86. The van der Waals surface area contributed by atoms with E-state index in [1.54, 1.807) is 11.8 Å². The zero-order valence-electron chi connectivity index (χ0n) is 13.1. The molecule has 2 saturated heterocycles. The molecule has 2 N–H and O–H groups in total. The maximum Gasteiger partial charge on any atom is 0.408 e. The average Bonchev–Trinajstić information content (AvgIpc) is 3.25. The molecule has 0 aromatic rings. The lowest BCUT2D eigenvalue weighted by Gasteiger charge is -2.40. The Hall–Kier alpha value is -1.34. The van der Waals surface area contributed by atoms with Crippen LogP contribution in [-0.2, 0) is 4.79 Å². The van der Waals surface area contributed by atoms with Gasteiger partial charge < -0.3 is 15.1 Å². The molecule has 0 aromatic heterocycles. The number of rotatable bonds is 3. The number of aliphatic hydroxyl groups is 1. The molecule has 3 rings (SSSR count). The molecular weight excluding hydrogens is 286 g/mol. The number of nitrogens with zero attached hydrogens (tertiary/aromatic N) is 3. The van der Waals surface area contributed by atoms with E-state index in [1.165, 1.54) is 4.90 Å². The Labute approximate surface area is 130 Å². The second kappa shape index (κ2) is 5.70. The Morgan fingerprint density at radius 1 is 1.23 bits per heavy atom. The third-order valence-electron chi connectivity index (χ3n) is 5.64. The molecule has 0 unspecified atom stereocenters. The van der Waals surface area contributed by atoms with Gasteiger partial charge in [0, 0.05) is 32.7 Å². The van der Waals surface area contributed by atoms with Crippen LogP contribution in [0.15, 0.2) is 0 Å². The van der Waals surface area contributed by atoms with Gasteiger partial charge >= 0.3 is 6.09 Å². The number of carboxylic acid groups (broad SMARTS) is 1. The van der Waals surface area contributed by atoms with Crippen molar-refractivity contribution in [1.29, 1.82) is 0 Å². The van der Waals surface area contributed by atoms with Crippen molar-refractivity contribution in [3.63, 3.8) is 0 Å². The number of β-amino-alcohol motifs (C(OH)–C–C–N with tert-alkyl or cyclic N) is 1. The van der Waals surface area contributed by atoms with Crippen LogP contribution in [0.1, 0.15) is 26.2 Å². The van der Waals surface area contributed by atoms with Crippen molar-refractivity contribution in [1.82, 2.24) is 14.7 Å². The number of aliphatic hydroxyl groups excluding tert-OH is 1. The smallest absolute Gasteiger partial charge is 0.408 e. The first kappa shape index (κ1) is 15.6. The van der Waals surface area contributed by atoms with Gasteiger partial charge in [0.2, 0.25) is 5.91 Å². The van der Waals surface area contributed by atoms with Crippen molar-refractivity contribution < 1.29 is 19.8 Å². The summed E-state index contributed by atoms with van der Waals surface area (Å²) in [6, 6.07) is -0.604. The van der Waals surface area contributed by atoms with Crippen molar-refractivity contribution in [3.8, 4) is 0 Å². The minimum absolute atomic E-state index is 0.120. The number of hydrogen-bond donors (Lipinski definition) is 2. The summed E-state index contributed by atoms with van der Waals surface area (Å²) < 4.78 is 0. The second-order valence-electron chi connectivity index (χ2n) is 6.91. The van der Waals surface area contributed by atoms with E-state index in [0.717, 1.165) is 32.4 Å². The van der Waals surface area contributed by atoms with Crippen LogP contribution in [0.3, 0.4) is 0 Å². The molecule has 1 saturated carbocycles. The topological polar surface area (TPSA) is 84.3 Å². The van der Waals surface area contributed by atoms with Crippen molar-refractivity contribution in [2.75, 3.05) is 39.3 Å². The fourth-order valence-electron chi connectivity index (χ4n) is 3.70. The van der Waals surface area contributed by atoms with E-state index in [9.17, 15) is 14.7 Å². The Morgan fingerprint density at radius 2 is 1.95 bits per heavy atom. The van der Waals surface area contributed by atoms with Crippen molar-refractivity contribution in [2.24, 2.45) is 5.41 Å². The number of likely N-dealkylation sites (tertiary alicyclic amines) is 1.